The first kappa shape index (κ1) is 18.9. The molecule has 0 saturated carbocycles. The molecule has 3 heterocycles. The van der Waals surface area contributed by atoms with E-state index in [1.54, 1.807) is 0 Å². The van der Waals surface area contributed by atoms with Crippen molar-refractivity contribution < 1.29 is 9.15 Å². The summed E-state index contributed by atoms with van der Waals surface area (Å²) < 4.78 is 12.8. The second-order valence-corrected chi connectivity index (χ2v) is 7.88. The predicted molar refractivity (Wildman–Crippen MR) is 115 cm³/mol. The maximum atomic E-state index is 12.5. The van der Waals surface area contributed by atoms with E-state index in [4.69, 9.17) is 9.15 Å². The van der Waals surface area contributed by atoms with E-state index in [-0.39, 0.29) is 11.8 Å². The zero-order valence-corrected chi connectivity index (χ0v) is 16.9. The Hall–Kier alpha value is -3.06. The molecular weight excluding hydrogens is 380 g/mol. The molecule has 1 fully saturated rings. The monoisotopic (exact) mass is 406 g/mol. The van der Waals surface area contributed by atoms with Gasteiger partial charge >= 0.3 is 5.76 Å². The Morgan fingerprint density at radius 1 is 1.07 bits per heavy atom. The first-order valence-electron chi connectivity index (χ1n) is 10.6. The highest BCUT2D eigenvalue weighted by atomic mass is 16.5. The highest BCUT2D eigenvalue weighted by Gasteiger charge is 2.26. The van der Waals surface area contributed by atoms with Crippen LogP contribution >= 0.6 is 0 Å². The molecule has 3 aromatic rings. The van der Waals surface area contributed by atoms with E-state index in [0.29, 0.717) is 12.5 Å². The van der Waals surface area contributed by atoms with Gasteiger partial charge in [-0.15, -0.1) is 5.10 Å². The molecule has 2 aromatic carbocycles. The molecule has 0 bridgehead atoms. The number of para-hydroxylation sites is 1. The fourth-order valence-corrected chi connectivity index (χ4v) is 4.30. The molecule has 7 nitrogen and oxygen atoms in total. The van der Waals surface area contributed by atoms with Crippen molar-refractivity contribution in [3.63, 3.8) is 0 Å². The van der Waals surface area contributed by atoms with Crippen molar-refractivity contribution in [2.24, 2.45) is 0 Å². The molecule has 1 aromatic heterocycles. The van der Waals surface area contributed by atoms with Crippen LogP contribution < -0.4 is 15.8 Å². The Balaban J connectivity index is 1.26. The van der Waals surface area contributed by atoms with Crippen LogP contribution in [0.5, 0.6) is 5.75 Å². The maximum Gasteiger partial charge on any atom is 0.437 e. The molecule has 0 unspecified atom stereocenters. The van der Waals surface area contributed by atoms with Crippen LogP contribution in [0.2, 0.25) is 0 Å². The third kappa shape index (κ3) is 3.85. The first-order chi connectivity index (χ1) is 14.8. The van der Waals surface area contributed by atoms with E-state index in [9.17, 15) is 4.79 Å². The number of rotatable bonds is 5. The first-order valence-corrected chi connectivity index (χ1v) is 10.6. The summed E-state index contributed by atoms with van der Waals surface area (Å²) in [6, 6.07) is 16.3. The standard InChI is InChI=1S/C23H26N4O3/c28-23-27(18-10-14-26(15-11-18)13-9-17-5-2-1-3-6-17)25-22(30-23)19-7-4-8-20-21(19)24-12-16-29-20/h1-8,18,24H,9-16H2. The molecule has 0 amide bonds. The lowest BCUT2D eigenvalue weighted by atomic mass is 10.0. The molecule has 2 aliphatic rings. The normalized spacial score (nSPS) is 17.2. The minimum absolute atomic E-state index is 0.0757. The number of hydrogen-bond acceptors (Lipinski definition) is 6. The summed E-state index contributed by atoms with van der Waals surface area (Å²) in [5.74, 6) is 0.728. The number of anilines is 1. The zero-order valence-electron chi connectivity index (χ0n) is 16.9. The van der Waals surface area contributed by atoms with Gasteiger partial charge in [0.2, 0.25) is 0 Å². The lowest BCUT2D eigenvalue weighted by Crippen LogP contribution is -2.38. The van der Waals surface area contributed by atoms with Crippen molar-refractivity contribution in [1.82, 2.24) is 14.7 Å². The van der Waals surface area contributed by atoms with E-state index < -0.39 is 0 Å². The van der Waals surface area contributed by atoms with E-state index in [2.05, 4.69) is 39.6 Å². The average Bonchev–Trinajstić information content (AvgIpc) is 3.19. The van der Waals surface area contributed by atoms with Crippen molar-refractivity contribution in [3.8, 4) is 17.2 Å². The summed E-state index contributed by atoms with van der Waals surface area (Å²) in [5.41, 5.74) is 2.97. The van der Waals surface area contributed by atoms with Gasteiger partial charge in [0.25, 0.3) is 5.89 Å². The lowest BCUT2D eigenvalue weighted by Gasteiger charge is -2.31. The number of benzene rings is 2. The largest absolute Gasteiger partial charge is 0.490 e. The minimum atomic E-state index is -0.387. The summed E-state index contributed by atoms with van der Waals surface area (Å²) >= 11 is 0. The fourth-order valence-electron chi connectivity index (χ4n) is 4.30. The number of piperidine rings is 1. The molecule has 7 heteroatoms. The summed E-state index contributed by atoms with van der Waals surface area (Å²) in [6.45, 7) is 4.30. The van der Waals surface area contributed by atoms with E-state index in [1.165, 1.54) is 10.2 Å². The number of nitrogens with zero attached hydrogens (tertiary/aromatic N) is 3. The lowest BCUT2D eigenvalue weighted by molar-refractivity contribution is 0.177. The fraction of sp³-hybridized carbons (Fsp3) is 0.391. The molecule has 156 valence electrons. The van der Waals surface area contributed by atoms with Crippen LogP contribution in [0.3, 0.4) is 0 Å². The molecule has 0 radical (unpaired) electrons. The van der Waals surface area contributed by atoms with Gasteiger partial charge in [-0.05, 0) is 37.0 Å². The molecule has 0 atom stereocenters. The highest BCUT2D eigenvalue weighted by molar-refractivity contribution is 5.78. The third-order valence-corrected chi connectivity index (χ3v) is 5.95. The van der Waals surface area contributed by atoms with E-state index >= 15 is 0 Å². The van der Waals surface area contributed by atoms with Crippen LogP contribution in [0.15, 0.2) is 57.7 Å². The Labute approximate surface area is 175 Å². The molecule has 30 heavy (non-hydrogen) atoms. The average molecular weight is 406 g/mol. The van der Waals surface area contributed by atoms with Gasteiger partial charge in [-0.1, -0.05) is 36.4 Å². The topological polar surface area (TPSA) is 72.5 Å². The Morgan fingerprint density at radius 3 is 2.73 bits per heavy atom. The van der Waals surface area contributed by atoms with E-state index in [1.807, 2.05) is 24.3 Å². The smallest absolute Gasteiger partial charge is 0.437 e. The van der Waals surface area contributed by atoms with Crippen LogP contribution in [-0.2, 0) is 6.42 Å². The predicted octanol–water partition coefficient (Wildman–Crippen LogP) is 3.19. The number of nitrogens with one attached hydrogen (secondary N) is 1. The highest BCUT2D eigenvalue weighted by Crippen LogP contribution is 2.36. The van der Waals surface area contributed by atoms with Gasteiger partial charge in [0.05, 0.1) is 17.3 Å². The van der Waals surface area contributed by atoms with E-state index in [0.717, 1.165) is 62.4 Å². The van der Waals surface area contributed by atoms with Gasteiger partial charge in [0, 0.05) is 26.2 Å². The summed E-state index contributed by atoms with van der Waals surface area (Å²) in [6.07, 6.45) is 2.84. The van der Waals surface area contributed by atoms with Crippen LogP contribution in [-0.4, -0.2) is 47.5 Å². The van der Waals surface area contributed by atoms with Gasteiger partial charge in [0.15, 0.2) is 0 Å². The quantitative estimate of drug-likeness (QED) is 0.702. The number of ether oxygens (including phenoxy) is 1. The van der Waals surface area contributed by atoms with Gasteiger partial charge in [-0.2, -0.15) is 4.68 Å². The van der Waals surface area contributed by atoms with Crippen molar-refractivity contribution in [2.45, 2.75) is 25.3 Å². The molecule has 1 saturated heterocycles. The molecular formula is C23H26N4O3. The molecule has 0 spiro atoms. The van der Waals surface area contributed by atoms with Crippen LogP contribution in [0.25, 0.3) is 11.5 Å². The van der Waals surface area contributed by atoms with Gasteiger partial charge < -0.3 is 19.4 Å². The van der Waals surface area contributed by atoms with Gasteiger partial charge in [-0.25, -0.2) is 4.79 Å². The summed E-state index contributed by atoms with van der Waals surface area (Å²) in [7, 11) is 0. The van der Waals surface area contributed by atoms with Crippen molar-refractivity contribution >= 4 is 5.69 Å². The van der Waals surface area contributed by atoms with Crippen LogP contribution in [0.1, 0.15) is 24.4 Å². The minimum Gasteiger partial charge on any atom is -0.490 e. The van der Waals surface area contributed by atoms with Crippen molar-refractivity contribution in [3.05, 3.63) is 64.6 Å². The number of hydrogen-bond donors (Lipinski definition) is 1. The molecule has 2 aliphatic heterocycles. The summed E-state index contributed by atoms with van der Waals surface area (Å²) in [4.78, 5) is 15.0. The van der Waals surface area contributed by atoms with Crippen LogP contribution in [0, 0.1) is 0 Å². The maximum absolute atomic E-state index is 12.5. The van der Waals surface area contributed by atoms with Crippen molar-refractivity contribution in [2.75, 3.05) is 38.1 Å². The summed E-state index contributed by atoms with van der Waals surface area (Å²) in [5, 5.41) is 7.88. The Bertz CT molecular complexity index is 1050. The van der Waals surface area contributed by atoms with Crippen LogP contribution in [0.4, 0.5) is 5.69 Å². The molecule has 1 N–H and O–H groups in total. The SMILES string of the molecule is O=c1oc(-c2cccc3c2NCCO3)nn1C1CCN(CCc2ccccc2)CC1. The third-order valence-electron chi connectivity index (χ3n) is 5.95. The van der Waals surface area contributed by atoms with Gasteiger partial charge in [0.1, 0.15) is 12.4 Å². The second kappa shape index (κ2) is 8.36. The number of aromatic nitrogens is 2. The number of fused-ring (bicyclic) bond motifs is 1. The second-order valence-electron chi connectivity index (χ2n) is 7.88. The molecule has 5 rings (SSSR count). The van der Waals surface area contributed by atoms with Crippen molar-refractivity contribution in [1.29, 1.82) is 0 Å². The zero-order chi connectivity index (χ0) is 20.3. The molecule has 0 aliphatic carbocycles. The van der Waals surface area contributed by atoms with Gasteiger partial charge in [-0.3, -0.25) is 0 Å². The Kier molecular flexibility index (Phi) is 5.27. The Morgan fingerprint density at radius 2 is 1.90 bits per heavy atom. The number of likely N-dealkylation sites (tertiary alicyclic amines) is 1.